The predicted octanol–water partition coefficient (Wildman–Crippen LogP) is 1.67. The molecule has 1 heterocycles. The van der Waals surface area contributed by atoms with E-state index in [1.165, 1.54) is 6.07 Å². The number of para-hydroxylation sites is 1. The van der Waals surface area contributed by atoms with Crippen LogP contribution in [0.25, 0.3) is 6.08 Å². The third-order valence-electron chi connectivity index (χ3n) is 4.17. The van der Waals surface area contributed by atoms with Crippen molar-refractivity contribution in [2.45, 2.75) is 6.54 Å². The zero-order chi connectivity index (χ0) is 18.8. The molecule has 2 N–H and O–H groups in total. The summed E-state index contributed by atoms with van der Waals surface area (Å²) in [5.41, 5.74) is 1.75. The van der Waals surface area contributed by atoms with Crippen LogP contribution >= 0.6 is 0 Å². The van der Waals surface area contributed by atoms with E-state index in [2.05, 4.69) is 0 Å². The Morgan fingerprint density at radius 2 is 1.92 bits per heavy atom. The van der Waals surface area contributed by atoms with E-state index in [0.29, 0.717) is 40.5 Å². The van der Waals surface area contributed by atoms with Crippen LogP contribution in [0, 0.1) is 0 Å². The van der Waals surface area contributed by atoms with Crippen molar-refractivity contribution in [3.05, 3.63) is 52.8 Å². The minimum atomic E-state index is -0.222. The van der Waals surface area contributed by atoms with Crippen LogP contribution in [0.15, 0.2) is 36.1 Å². The van der Waals surface area contributed by atoms with Crippen molar-refractivity contribution in [1.29, 1.82) is 0 Å². The lowest BCUT2D eigenvalue weighted by Gasteiger charge is -2.12. The van der Waals surface area contributed by atoms with E-state index in [-0.39, 0.29) is 17.3 Å². The second kappa shape index (κ2) is 7.09. The van der Waals surface area contributed by atoms with E-state index in [1.54, 1.807) is 32.4 Å². The number of rotatable bonds is 5. The first-order chi connectivity index (χ1) is 12.5. The number of benzene rings is 2. The Morgan fingerprint density at radius 3 is 2.58 bits per heavy atom. The Labute approximate surface area is 152 Å². The third-order valence-corrected chi connectivity index (χ3v) is 4.17. The number of Topliss-reactive ketones (excluding diaryl/α,β-unsaturated/α-hetero) is 1. The summed E-state index contributed by atoms with van der Waals surface area (Å²) >= 11 is 0. The number of phenolic OH excluding ortho intramolecular Hbond substituents is 1. The Hall–Kier alpha value is -2.99. The molecule has 6 heteroatoms. The van der Waals surface area contributed by atoms with E-state index >= 15 is 0 Å². The second-order valence-corrected chi connectivity index (χ2v) is 6.35. The molecule has 0 saturated heterocycles. The van der Waals surface area contributed by atoms with E-state index in [4.69, 9.17) is 14.2 Å². The quantitative estimate of drug-likeness (QED) is 0.798. The number of quaternary nitrogens is 1. The van der Waals surface area contributed by atoms with Crippen LogP contribution in [-0.2, 0) is 6.54 Å². The molecule has 136 valence electrons. The number of hydrogen-bond acceptors (Lipinski definition) is 5. The van der Waals surface area contributed by atoms with Crippen molar-refractivity contribution >= 4 is 11.9 Å². The molecule has 2 aromatic rings. The van der Waals surface area contributed by atoms with Gasteiger partial charge >= 0.3 is 0 Å². The fraction of sp³-hybridized carbons (Fsp3) is 0.250. The largest absolute Gasteiger partial charge is 0.507 e. The summed E-state index contributed by atoms with van der Waals surface area (Å²) in [4.78, 5) is 13.9. The molecule has 0 amide bonds. The molecule has 1 aliphatic rings. The molecule has 0 unspecified atom stereocenters. The standard InChI is InChI=1S/C20H21NO5/c1-21(2)11-14-15(22)9-8-13-18(23)17(26-20(13)14)10-12-6-5-7-16(24-3)19(12)25-4/h5-10,22H,11H2,1-4H3/p+1. The normalized spacial score (nSPS) is 14.5. The molecule has 0 aromatic heterocycles. The van der Waals surface area contributed by atoms with Gasteiger partial charge in [0.1, 0.15) is 12.3 Å². The molecule has 0 atom stereocenters. The predicted molar refractivity (Wildman–Crippen MR) is 97.1 cm³/mol. The van der Waals surface area contributed by atoms with Crippen LogP contribution in [-0.4, -0.2) is 39.2 Å². The average Bonchev–Trinajstić information content (AvgIpc) is 2.93. The minimum Gasteiger partial charge on any atom is -0.507 e. The van der Waals surface area contributed by atoms with Crippen molar-refractivity contribution in [2.24, 2.45) is 0 Å². The molecule has 6 nitrogen and oxygen atoms in total. The monoisotopic (exact) mass is 356 g/mol. The summed E-state index contributed by atoms with van der Waals surface area (Å²) < 4.78 is 16.5. The van der Waals surface area contributed by atoms with Gasteiger partial charge in [0.25, 0.3) is 0 Å². The number of aromatic hydroxyl groups is 1. The highest BCUT2D eigenvalue weighted by atomic mass is 16.5. The number of carbonyl (C=O) groups excluding carboxylic acids is 1. The van der Waals surface area contributed by atoms with Gasteiger partial charge in [-0.2, -0.15) is 0 Å². The summed E-state index contributed by atoms with van der Waals surface area (Å²) in [6, 6.07) is 8.53. The number of hydrogen-bond donors (Lipinski definition) is 2. The summed E-state index contributed by atoms with van der Waals surface area (Å²) in [5, 5.41) is 10.2. The maximum atomic E-state index is 12.8. The number of carbonyl (C=O) groups is 1. The fourth-order valence-electron chi connectivity index (χ4n) is 2.99. The molecule has 0 bridgehead atoms. The Kier molecular flexibility index (Phi) is 4.86. The van der Waals surface area contributed by atoms with Crippen molar-refractivity contribution < 1.29 is 29.0 Å². The third kappa shape index (κ3) is 3.11. The van der Waals surface area contributed by atoms with Crippen LogP contribution in [0.4, 0.5) is 0 Å². The first-order valence-corrected chi connectivity index (χ1v) is 8.25. The number of fused-ring (bicyclic) bond motifs is 1. The Morgan fingerprint density at radius 1 is 1.15 bits per heavy atom. The fourth-order valence-corrected chi connectivity index (χ4v) is 2.99. The topological polar surface area (TPSA) is 69.4 Å². The lowest BCUT2D eigenvalue weighted by Crippen LogP contribution is -3.04. The number of methoxy groups -OCH3 is 2. The van der Waals surface area contributed by atoms with Gasteiger partial charge in [-0.1, -0.05) is 12.1 Å². The zero-order valence-corrected chi connectivity index (χ0v) is 15.3. The molecule has 26 heavy (non-hydrogen) atoms. The highest BCUT2D eigenvalue weighted by Crippen LogP contribution is 2.40. The van der Waals surface area contributed by atoms with Gasteiger partial charge in [-0.25, -0.2) is 0 Å². The number of phenols is 1. The van der Waals surface area contributed by atoms with E-state index in [1.807, 2.05) is 26.2 Å². The van der Waals surface area contributed by atoms with Gasteiger partial charge in [0.15, 0.2) is 23.0 Å². The van der Waals surface area contributed by atoms with Gasteiger partial charge in [0, 0.05) is 5.56 Å². The van der Waals surface area contributed by atoms with Crippen LogP contribution in [0.5, 0.6) is 23.0 Å². The molecule has 0 aliphatic carbocycles. The lowest BCUT2D eigenvalue weighted by molar-refractivity contribution is -0.872. The highest BCUT2D eigenvalue weighted by Gasteiger charge is 2.32. The van der Waals surface area contributed by atoms with Crippen LogP contribution in [0.3, 0.4) is 0 Å². The van der Waals surface area contributed by atoms with Crippen LogP contribution in [0.1, 0.15) is 21.5 Å². The van der Waals surface area contributed by atoms with E-state index in [0.717, 1.165) is 4.90 Å². The van der Waals surface area contributed by atoms with Gasteiger partial charge in [-0.3, -0.25) is 4.79 Å². The van der Waals surface area contributed by atoms with Crippen molar-refractivity contribution in [3.63, 3.8) is 0 Å². The Bertz CT molecular complexity index is 886. The number of allylic oxidation sites excluding steroid dienone is 1. The number of ether oxygens (including phenoxy) is 3. The van der Waals surface area contributed by atoms with E-state index < -0.39 is 0 Å². The van der Waals surface area contributed by atoms with Gasteiger partial charge in [-0.05, 0) is 24.3 Å². The first kappa shape index (κ1) is 17.8. The first-order valence-electron chi connectivity index (χ1n) is 8.25. The molecule has 0 radical (unpaired) electrons. The number of nitrogens with one attached hydrogen (secondary N) is 1. The van der Waals surface area contributed by atoms with Crippen LogP contribution in [0.2, 0.25) is 0 Å². The summed E-state index contributed by atoms with van der Waals surface area (Å²) in [5.74, 6) is 1.60. The molecule has 2 aromatic carbocycles. The van der Waals surface area contributed by atoms with Gasteiger partial charge < -0.3 is 24.2 Å². The minimum absolute atomic E-state index is 0.123. The van der Waals surface area contributed by atoms with Crippen LogP contribution < -0.4 is 19.1 Å². The summed E-state index contributed by atoms with van der Waals surface area (Å²) in [7, 11) is 7.03. The molecule has 0 fully saturated rings. The summed E-state index contributed by atoms with van der Waals surface area (Å²) in [6.45, 7) is 0.540. The molecular weight excluding hydrogens is 334 g/mol. The molecular formula is C20H22NO5+. The molecule has 3 rings (SSSR count). The van der Waals surface area contributed by atoms with Crippen molar-refractivity contribution in [1.82, 2.24) is 0 Å². The average molecular weight is 356 g/mol. The lowest BCUT2D eigenvalue weighted by atomic mass is 10.0. The van der Waals surface area contributed by atoms with Crippen molar-refractivity contribution in [2.75, 3.05) is 28.3 Å². The zero-order valence-electron chi connectivity index (χ0n) is 15.3. The number of ketones is 1. The van der Waals surface area contributed by atoms with Crippen molar-refractivity contribution in [3.8, 4) is 23.0 Å². The summed E-state index contributed by atoms with van der Waals surface area (Å²) in [6.07, 6.45) is 1.63. The molecule has 1 aliphatic heterocycles. The molecule has 0 saturated carbocycles. The van der Waals surface area contributed by atoms with Gasteiger partial charge in [0.05, 0.1) is 39.4 Å². The maximum absolute atomic E-state index is 12.8. The SMILES string of the molecule is COc1cccc(C=C2Oc3c(ccc(O)c3C[NH+](C)C)C2=O)c1OC. The Balaban J connectivity index is 2.05. The maximum Gasteiger partial charge on any atom is 0.231 e. The van der Waals surface area contributed by atoms with Gasteiger partial charge in [-0.15, -0.1) is 0 Å². The smallest absolute Gasteiger partial charge is 0.231 e. The second-order valence-electron chi connectivity index (χ2n) is 6.35. The highest BCUT2D eigenvalue weighted by molar-refractivity contribution is 6.15. The van der Waals surface area contributed by atoms with E-state index in [9.17, 15) is 9.90 Å². The molecule has 0 spiro atoms. The van der Waals surface area contributed by atoms with Gasteiger partial charge in [0.2, 0.25) is 5.78 Å².